The van der Waals surface area contributed by atoms with E-state index in [-0.39, 0.29) is 23.1 Å². The molecule has 4 nitrogen and oxygen atoms in total. The molecule has 27 heavy (non-hydrogen) atoms. The molecule has 1 aliphatic rings. The first-order valence-corrected chi connectivity index (χ1v) is 9.08. The number of carbonyl (C=O) groups excluding carboxylic acids is 1. The van der Waals surface area contributed by atoms with Crippen LogP contribution in [0.5, 0.6) is 0 Å². The third kappa shape index (κ3) is 3.77. The van der Waals surface area contributed by atoms with Crippen LogP contribution in [-0.4, -0.2) is 13.0 Å². The van der Waals surface area contributed by atoms with E-state index in [0.717, 1.165) is 18.4 Å². The van der Waals surface area contributed by atoms with Gasteiger partial charge in [0.05, 0.1) is 11.1 Å². The molecule has 144 valence electrons. The molecule has 5 heteroatoms. The number of benzene rings is 1. The van der Waals surface area contributed by atoms with Crippen molar-refractivity contribution in [2.75, 3.05) is 7.05 Å². The largest absolute Gasteiger partial charge is 0.359 e. The molecule has 0 aliphatic heterocycles. The first-order valence-electron chi connectivity index (χ1n) is 9.08. The van der Waals surface area contributed by atoms with Crippen molar-refractivity contribution in [3.8, 4) is 0 Å². The minimum absolute atomic E-state index is 0.0347. The highest BCUT2D eigenvalue weighted by atomic mass is 19.1. The van der Waals surface area contributed by atoms with Crippen LogP contribution in [0.2, 0.25) is 0 Å². The van der Waals surface area contributed by atoms with Gasteiger partial charge in [-0.1, -0.05) is 46.1 Å². The van der Waals surface area contributed by atoms with Crippen molar-refractivity contribution in [2.24, 2.45) is 27.0 Å². The molecule has 1 fully saturated rings. The lowest BCUT2D eigenvalue weighted by molar-refractivity contribution is -0.135. The van der Waals surface area contributed by atoms with Crippen molar-refractivity contribution in [3.63, 3.8) is 0 Å². The molecule has 1 saturated carbocycles. The number of rotatable bonds is 6. The zero-order valence-electron chi connectivity index (χ0n) is 16.6. The molecule has 1 N–H and O–H groups in total. The van der Waals surface area contributed by atoms with Gasteiger partial charge >= 0.3 is 0 Å². The van der Waals surface area contributed by atoms with Gasteiger partial charge < -0.3 is 5.32 Å². The molecule has 1 aromatic rings. The lowest BCUT2D eigenvalue weighted by Gasteiger charge is -2.40. The highest BCUT2D eigenvalue weighted by molar-refractivity contribution is 5.83. The second-order valence-corrected chi connectivity index (χ2v) is 7.71. The van der Waals surface area contributed by atoms with Crippen LogP contribution < -0.4 is 5.32 Å². The van der Waals surface area contributed by atoms with Crippen molar-refractivity contribution < 1.29 is 9.18 Å². The quantitative estimate of drug-likeness (QED) is 0.522. The molecule has 0 radical (unpaired) electrons. The van der Waals surface area contributed by atoms with Crippen LogP contribution in [0.3, 0.4) is 0 Å². The van der Waals surface area contributed by atoms with E-state index in [1.807, 2.05) is 6.92 Å². The van der Waals surface area contributed by atoms with Gasteiger partial charge in [-0.05, 0) is 48.0 Å². The molecular formula is C22H28FN3O. The van der Waals surface area contributed by atoms with Gasteiger partial charge in [-0.2, -0.15) is 10.2 Å². The standard InChI is InChI=1S/C22H28FN3O/c1-7-25-26-19(16-10-8-9-11-18(16)23)14-15(2)17-12-13-22(5,20(27)24-6)21(17,3)4/h7-11,14,17H,1-2,12-13H2,3-6H3,(H,24,27)/b19-14-,26-25?/t17-,22?/m0/s1. The van der Waals surface area contributed by atoms with Gasteiger partial charge in [0.2, 0.25) is 5.91 Å². The van der Waals surface area contributed by atoms with E-state index in [1.54, 1.807) is 31.3 Å². The summed E-state index contributed by atoms with van der Waals surface area (Å²) < 4.78 is 14.3. The third-order valence-electron chi connectivity index (χ3n) is 6.12. The van der Waals surface area contributed by atoms with Crippen LogP contribution in [0.1, 0.15) is 39.2 Å². The fraction of sp³-hybridized carbons (Fsp3) is 0.409. The maximum Gasteiger partial charge on any atom is 0.226 e. The summed E-state index contributed by atoms with van der Waals surface area (Å²) in [6.07, 6.45) is 4.67. The summed E-state index contributed by atoms with van der Waals surface area (Å²) in [6.45, 7) is 13.9. The first-order chi connectivity index (χ1) is 12.7. The van der Waals surface area contributed by atoms with Gasteiger partial charge in [0.25, 0.3) is 0 Å². The minimum atomic E-state index is -0.496. The number of nitrogens with zero attached hydrogens (tertiary/aromatic N) is 2. The Labute approximate surface area is 161 Å². The molecule has 1 aliphatic carbocycles. The molecule has 0 saturated heterocycles. The Morgan fingerprint density at radius 1 is 1.33 bits per heavy atom. The van der Waals surface area contributed by atoms with Gasteiger partial charge in [-0.25, -0.2) is 4.39 Å². The average molecular weight is 369 g/mol. The summed E-state index contributed by atoms with van der Waals surface area (Å²) >= 11 is 0. The van der Waals surface area contributed by atoms with Gasteiger partial charge in [-0.3, -0.25) is 4.79 Å². The van der Waals surface area contributed by atoms with E-state index in [4.69, 9.17) is 0 Å². The van der Waals surface area contributed by atoms with Crippen molar-refractivity contribution in [2.45, 2.75) is 33.6 Å². The van der Waals surface area contributed by atoms with Gasteiger partial charge in [0.15, 0.2) is 0 Å². The van der Waals surface area contributed by atoms with E-state index in [9.17, 15) is 9.18 Å². The smallest absolute Gasteiger partial charge is 0.226 e. The lowest BCUT2D eigenvalue weighted by atomic mass is 9.63. The zero-order chi connectivity index (χ0) is 20.2. The SMILES string of the molecule is C=CN=N/C(=C\C(=C)[C@@H]1CCC(C)(C(=O)NC)C1(C)C)c1ccccc1F. The summed E-state index contributed by atoms with van der Waals surface area (Å²) in [4.78, 5) is 12.5. The van der Waals surface area contributed by atoms with Gasteiger partial charge in [0.1, 0.15) is 5.82 Å². The summed E-state index contributed by atoms with van der Waals surface area (Å²) in [5.41, 5.74) is 0.756. The number of hydrogen-bond donors (Lipinski definition) is 1. The minimum Gasteiger partial charge on any atom is -0.359 e. The Hall–Kier alpha value is -2.56. The predicted molar refractivity (Wildman–Crippen MR) is 107 cm³/mol. The molecule has 0 bridgehead atoms. The van der Waals surface area contributed by atoms with E-state index in [2.05, 4.69) is 42.6 Å². The van der Waals surface area contributed by atoms with Crippen LogP contribution >= 0.6 is 0 Å². The van der Waals surface area contributed by atoms with E-state index in [1.165, 1.54) is 12.3 Å². The van der Waals surface area contributed by atoms with Gasteiger partial charge in [-0.15, -0.1) is 0 Å². The van der Waals surface area contributed by atoms with Crippen molar-refractivity contribution in [1.82, 2.24) is 5.32 Å². The number of amides is 1. The van der Waals surface area contributed by atoms with Crippen LogP contribution in [0, 0.1) is 22.6 Å². The molecular weight excluding hydrogens is 341 g/mol. The first kappa shape index (κ1) is 20.7. The highest BCUT2D eigenvalue weighted by Gasteiger charge is 2.55. The van der Waals surface area contributed by atoms with E-state index in [0.29, 0.717) is 11.3 Å². The maximum atomic E-state index is 14.3. The van der Waals surface area contributed by atoms with Crippen molar-refractivity contribution in [1.29, 1.82) is 0 Å². The monoisotopic (exact) mass is 369 g/mol. The lowest BCUT2D eigenvalue weighted by Crippen LogP contribution is -2.46. The van der Waals surface area contributed by atoms with Crippen LogP contribution in [0.25, 0.3) is 5.70 Å². The molecule has 2 atom stereocenters. The summed E-state index contributed by atoms with van der Waals surface area (Å²) in [6, 6.07) is 6.42. The average Bonchev–Trinajstić information content (AvgIpc) is 2.88. The zero-order valence-corrected chi connectivity index (χ0v) is 16.6. The Morgan fingerprint density at radius 3 is 2.59 bits per heavy atom. The number of halogens is 1. The molecule has 0 spiro atoms. The number of hydrogen-bond acceptors (Lipinski definition) is 3. The fourth-order valence-corrected chi connectivity index (χ4v) is 4.04. The predicted octanol–water partition coefficient (Wildman–Crippen LogP) is 5.51. The molecule has 0 heterocycles. The highest BCUT2D eigenvalue weighted by Crippen LogP contribution is 2.58. The molecule has 0 aromatic heterocycles. The number of azo groups is 1. The van der Waals surface area contributed by atoms with Crippen LogP contribution in [-0.2, 0) is 4.79 Å². The van der Waals surface area contributed by atoms with Crippen LogP contribution in [0.4, 0.5) is 4.39 Å². The molecule has 1 unspecified atom stereocenters. The Kier molecular flexibility index (Phi) is 6.14. The summed E-state index contributed by atoms with van der Waals surface area (Å²) in [7, 11) is 1.66. The summed E-state index contributed by atoms with van der Waals surface area (Å²) in [5.74, 6) is -0.270. The Morgan fingerprint density at radius 2 is 2.00 bits per heavy atom. The second kappa shape index (κ2) is 7.99. The number of carbonyl (C=O) groups is 1. The van der Waals surface area contributed by atoms with Crippen molar-refractivity contribution >= 4 is 11.6 Å². The van der Waals surface area contributed by atoms with Gasteiger partial charge in [0, 0.05) is 18.8 Å². The second-order valence-electron chi connectivity index (χ2n) is 7.71. The number of nitrogens with one attached hydrogen (secondary N) is 1. The fourth-order valence-electron chi connectivity index (χ4n) is 4.04. The Balaban J connectivity index is 2.42. The molecule has 1 amide bonds. The third-order valence-corrected chi connectivity index (χ3v) is 6.12. The van der Waals surface area contributed by atoms with Crippen molar-refractivity contribution in [3.05, 3.63) is 66.7 Å². The molecule has 1 aromatic carbocycles. The Bertz CT molecular complexity index is 810. The normalized spacial score (nSPS) is 24.8. The van der Waals surface area contributed by atoms with Crippen LogP contribution in [0.15, 0.2) is 65.5 Å². The van der Waals surface area contributed by atoms with E-state index >= 15 is 0 Å². The van der Waals surface area contributed by atoms with E-state index < -0.39 is 5.41 Å². The maximum absolute atomic E-state index is 14.3. The topological polar surface area (TPSA) is 53.8 Å². The summed E-state index contributed by atoms with van der Waals surface area (Å²) in [5, 5.41) is 10.7. The number of allylic oxidation sites excluding steroid dienone is 2. The molecule has 2 rings (SSSR count).